The van der Waals surface area contributed by atoms with Crippen LogP contribution in [0.25, 0.3) is 22.3 Å². The summed E-state index contributed by atoms with van der Waals surface area (Å²) < 4.78 is 11.4. The number of aryl methyl sites for hydroxylation is 2. The van der Waals surface area contributed by atoms with E-state index in [0.29, 0.717) is 0 Å². The highest BCUT2D eigenvalue weighted by molar-refractivity contribution is 5.86. The van der Waals surface area contributed by atoms with E-state index >= 15 is 0 Å². The summed E-state index contributed by atoms with van der Waals surface area (Å²) in [6, 6.07) is 10.2. The van der Waals surface area contributed by atoms with Crippen molar-refractivity contribution in [2.24, 2.45) is 0 Å². The van der Waals surface area contributed by atoms with Crippen molar-refractivity contribution in [2.45, 2.75) is 25.7 Å². The van der Waals surface area contributed by atoms with Gasteiger partial charge < -0.3 is 8.83 Å². The molecule has 18 heavy (non-hydrogen) atoms. The van der Waals surface area contributed by atoms with Crippen molar-refractivity contribution in [3.63, 3.8) is 0 Å². The van der Waals surface area contributed by atoms with E-state index < -0.39 is 0 Å². The first-order valence-corrected chi connectivity index (χ1v) is 6.50. The van der Waals surface area contributed by atoms with Gasteiger partial charge in [-0.3, -0.25) is 0 Å². The Balaban J connectivity index is 1.94. The maximum absolute atomic E-state index is 5.93. The fraction of sp³-hybridized carbons (Fsp3) is 0.250. The number of benzene rings is 1. The van der Waals surface area contributed by atoms with Gasteiger partial charge in [0.05, 0.1) is 6.26 Å². The number of hydrogen-bond donors (Lipinski definition) is 0. The van der Waals surface area contributed by atoms with Gasteiger partial charge in [0.2, 0.25) is 0 Å². The van der Waals surface area contributed by atoms with Gasteiger partial charge in [-0.05, 0) is 49.6 Å². The van der Waals surface area contributed by atoms with Crippen molar-refractivity contribution in [3.8, 4) is 11.3 Å². The van der Waals surface area contributed by atoms with Crippen LogP contribution in [0.1, 0.15) is 24.2 Å². The minimum absolute atomic E-state index is 0.919. The average Bonchev–Trinajstić information content (AvgIpc) is 3.05. The van der Waals surface area contributed by atoms with E-state index in [0.717, 1.165) is 29.7 Å². The van der Waals surface area contributed by atoms with E-state index in [1.54, 1.807) is 6.26 Å². The first kappa shape index (κ1) is 10.0. The zero-order valence-electron chi connectivity index (χ0n) is 10.1. The third-order valence-corrected chi connectivity index (χ3v) is 3.76. The topological polar surface area (TPSA) is 26.3 Å². The van der Waals surface area contributed by atoms with Crippen LogP contribution in [0.3, 0.4) is 0 Å². The molecule has 2 nitrogen and oxygen atoms in total. The second-order valence-corrected chi connectivity index (χ2v) is 4.90. The molecule has 0 unspecified atom stereocenters. The highest BCUT2D eigenvalue weighted by Crippen LogP contribution is 2.34. The van der Waals surface area contributed by atoms with Crippen LogP contribution in [0.4, 0.5) is 0 Å². The van der Waals surface area contributed by atoms with Crippen molar-refractivity contribution >= 4 is 11.0 Å². The second kappa shape index (κ2) is 3.77. The van der Waals surface area contributed by atoms with Crippen LogP contribution in [0, 0.1) is 0 Å². The number of rotatable bonds is 1. The summed E-state index contributed by atoms with van der Waals surface area (Å²) >= 11 is 0. The minimum atomic E-state index is 0.919. The van der Waals surface area contributed by atoms with Gasteiger partial charge in [-0.2, -0.15) is 0 Å². The van der Waals surface area contributed by atoms with Gasteiger partial charge in [0, 0.05) is 22.9 Å². The summed E-state index contributed by atoms with van der Waals surface area (Å²) in [5.74, 6) is 2.11. The zero-order valence-corrected chi connectivity index (χ0v) is 10.1. The van der Waals surface area contributed by atoms with Crippen LogP contribution in [0.15, 0.2) is 45.4 Å². The molecule has 0 saturated carbocycles. The first-order chi connectivity index (χ1) is 8.92. The van der Waals surface area contributed by atoms with Crippen molar-refractivity contribution in [1.29, 1.82) is 0 Å². The van der Waals surface area contributed by atoms with E-state index in [1.807, 2.05) is 12.1 Å². The first-order valence-electron chi connectivity index (χ1n) is 6.50. The SMILES string of the molecule is c1coc(-c2ccc3oc4c(c3c2)CCCC4)c1. The highest BCUT2D eigenvalue weighted by Gasteiger charge is 2.18. The van der Waals surface area contributed by atoms with Crippen LogP contribution in [0.2, 0.25) is 0 Å². The molecule has 2 heteroatoms. The van der Waals surface area contributed by atoms with Crippen molar-refractivity contribution in [1.82, 2.24) is 0 Å². The lowest BCUT2D eigenvalue weighted by Crippen LogP contribution is -1.98. The third kappa shape index (κ3) is 1.42. The number of furan rings is 2. The molecule has 0 bridgehead atoms. The van der Waals surface area contributed by atoms with Gasteiger partial charge >= 0.3 is 0 Å². The van der Waals surface area contributed by atoms with Gasteiger partial charge in [0.15, 0.2) is 0 Å². The molecule has 0 fully saturated rings. The fourth-order valence-corrected chi connectivity index (χ4v) is 2.86. The monoisotopic (exact) mass is 238 g/mol. The van der Waals surface area contributed by atoms with Gasteiger partial charge in [-0.15, -0.1) is 0 Å². The van der Waals surface area contributed by atoms with E-state index in [-0.39, 0.29) is 0 Å². The molecular formula is C16H14O2. The van der Waals surface area contributed by atoms with Gasteiger partial charge in [-0.1, -0.05) is 0 Å². The fourth-order valence-electron chi connectivity index (χ4n) is 2.86. The molecule has 2 aromatic heterocycles. The molecule has 0 N–H and O–H groups in total. The predicted octanol–water partition coefficient (Wildman–Crippen LogP) is 4.57. The Morgan fingerprint density at radius 1 is 1.00 bits per heavy atom. The van der Waals surface area contributed by atoms with Crippen LogP contribution in [-0.2, 0) is 12.8 Å². The lowest BCUT2D eigenvalue weighted by Gasteiger charge is -2.08. The molecule has 0 spiro atoms. The Kier molecular flexibility index (Phi) is 2.10. The maximum atomic E-state index is 5.93. The lowest BCUT2D eigenvalue weighted by molar-refractivity contribution is 0.506. The lowest BCUT2D eigenvalue weighted by atomic mass is 9.95. The maximum Gasteiger partial charge on any atom is 0.134 e. The van der Waals surface area contributed by atoms with E-state index in [1.165, 1.54) is 29.6 Å². The second-order valence-electron chi connectivity index (χ2n) is 4.90. The molecule has 0 radical (unpaired) electrons. The Morgan fingerprint density at radius 2 is 1.94 bits per heavy atom. The molecular weight excluding hydrogens is 224 g/mol. The molecule has 0 atom stereocenters. The largest absolute Gasteiger partial charge is 0.464 e. The van der Waals surface area contributed by atoms with Crippen molar-refractivity contribution < 1.29 is 8.83 Å². The molecule has 3 aromatic rings. The van der Waals surface area contributed by atoms with Crippen LogP contribution < -0.4 is 0 Å². The van der Waals surface area contributed by atoms with Gasteiger partial charge in [0.25, 0.3) is 0 Å². The van der Waals surface area contributed by atoms with Crippen molar-refractivity contribution in [3.05, 3.63) is 47.9 Å². The molecule has 1 aliphatic carbocycles. The minimum Gasteiger partial charge on any atom is -0.464 e. The molecule has 0 aliphatic heterocycles. The molecule has 4 rings (SSSR count). The van der Waals surface area contributed by atoms with Crippen molar-refractivity contribution in [2.75, 3.05) is 0 Å². The Labute approximate surface area is 105 Å². The Bertz CT molecular complexity index is 689. The van der Waals surface area contributed by atoms with Crippen LogP contribution in [0.5, 0.6) is 0 Å². The summed E-state index contributed by atoms with van der Waals surface area (Å²) in [4.78, 5) is 0. The van der Waals surface area contributed by atoms with E-state index in [9.17, 15) is 0 Å². The van der Waals surface area contributed by atoms with Crippen LogP contribution in [-0.4, -0.2) is 0 Å². The Hall–Kier alpha value is -1.96. The molecule has 1 aromatic carbocycles. The smallest absolute Gasteiger partial charge is 0.134 e. The third-order valence-electron chi connectivity index (χ3n) is 3.76. The average molecular weight is 238 g/mol. The summed E-state index contributed by atoms with van der Waals surface area (Å²) in [5.41, 5.74) is 3.54. The molecule has 1 aliphatic rings. The number of fused-ring (bicyclic) bond motifs is 3. The summed E-state index contributed by atoms with van der Waals surface area (Å²) in [6.07, 6.45) is 6.46. The van der Waals surface area contributed by atoms with E-state index in [4.69, 9.17) is 8.83 Å². The van der Waals surface area contributed by atoms with E-state index in [2.05, 4.69) is 18.2 Å². The molecule has 90 valence electrons. The summed E-state index contributed by atoms with van der Waals surface area (Å²) in [7, 11) is 0. The van der Waals surface area contributed by atoms with Gasteiger partial charge in [0.1, 0.15) is 17.1 Å². The molecule has 0 saturated heterocycles. The van der Waals surface area contributed by atoms with Crippen LogP contribution >= 0.6 is 0 Å². The Morgan fingerprint density at radius 3 is 2.83 bits per heavy atom. The van der Waals surface area contributed by atoms with Gasteiger partial charge in [-0.25, -0.2) is 0 Å². The number of hydrogen-bond acceptors (Lipinski definition) is 2. The normalized spacial score (nSPS) is 14.9. The zero-order chi connectivity index (χ0) is 11.9. The quantitative estimate of drug-likeness (QED) is 0.620. The predicted molar refractivity (Wildman–Crippen MR) is 70.6 cm³/mol. The summed E-state index contributed by atoms with van der Waals surface area (Å²) in [6.45, 7) is 0. The molecule has 2 heterocycles. The molecule has 0 amide bonds. The summed E-state index contributed by atoms with van der Waals surface area (Å²) in [5, 5.41) is 1.26. The standard InChI is InChI=1S/C16H14O2/c1-2-5-15-12(4-1)13-10-11(7-8-16(13)18-15)14-6-3-9-17-14/h3,6-10H,1-2,4-5H2. The highest BCUT2D eigenvalue weighted by atomic mass is 16.3.